The molecule has 0 saturated heterocycles. The van der Waals surface area contributed by atoms with Gasteiger partial charge in [-0.1, -0.05) is 13.3 Å². The van der Waals surface area contributed by atoms with E-state index in [4.69, 9.17) is 5.11 Å². The molecular formula is C13H25N3O4. The summed E-state index contributed by atoms with van der Waals surface area (Å²) in [6, 6.07) is -0.412. The van der Waals surface area contributed by atoms with Crippen molar-refractivity contribution in [1.29, 1.82) is 0 Å². The Morgan fingerprint density at radius 3 is 2.20 bits per heavy atom. The van der Waals surface area contributed by atoms with E-state index in [2.05, 4.69) is 5.32 Å². The Morgan fingerprint density at radius 1 is 1.20 bits per heavy atom. The van der Waals surface area contributed by atoms with Gasteiger partial charge in [-0.2, -0.15) is 0 Å². The van der Waals surface area contributed by atoms with E-state index in [1.807, 2.05) is 6.92 Å². The second kappa shape index (κ2) is 9.17. The molecule has 0 rings (SSSR count). The summed E-state index contributed by atoms with van der Waals surface area (Å²) in [5.41, 5.74) is 0. The molecule has 0 heterocycles. The van der Waals surface area contributed by atoms with Crippen LogP contribution in [0.4, 0.5) is 4.79 Å². The highest BCUT2D eigenvalue weighted by Crippen LogP contribution is 2.05. The fourth-order valence-corrected chi connectivity index (χ4v) is 1.62. The number of hydrogen-bond acceptors (Lipinski definition) is 3. The number of aliphatic carboxylic acids is 1. The lowest BCUT2D eigenvalue weighted by atomic mass is 10.0. The van der Waals surface area contributed by atoms with Gasteiger partial charge in [0.1, 0.15) is 6.54 Å². The van der Waals surface area contributed by atoms with Crippen molar-refractivity contribution in [3.05, 3.63) is 0 Å². The van der Waals surface area contributed by atoms with Crippen LogP contribution in [0.15, 0.2) is 0 Å². The summed E-state index contributed by atoms with van der Waals surface area (Å²) in [5.74, 6) is -1.68. The Bertz CT molecular complexity index is 345. The molecule has 116 valence electrons. The van der Waals surface area contributed by atoms with Crippen LogP contribution in [0.25, 0.3) is 0 Å². The standard InChI is InChI=1S/C13H25N3O4/c1-5-7-10(12(18)19)8-14-13(20)16(6-2)9-11(17)15(3)4/h10H,5-9H2,1-4H3,(H,14,20)(H,18,19). The average molecular weight is 287 g/mol. The van der Waals surface area contributed by atoms with Crippen LogP contribution < -0.4 is 5.32 Å². The number of nitrogens with one attached hydrogen (secondary N) is 1. The monoisotopic (exact) mass is 287 g/mol. The molecule has 3 amide bonds. The molecular weight excluding hydrogens is 262 g/mol. The highest BCUT2D eigenvalue weighted by atomic mass is 16.4. The largest absolute Gasteiger partial charge is 0.481 e. The van der Waals surface area contributed by atoms with Gasteiger partial charge in [-0.25, -0.2) is 4.79 Å². The third-order valence-corrected chi connectivity index (χ3v) is 2.98. The molecule has 1 atom stereocenters. The Balaban J connectivity index is 4.41. The number of urea groups is 1. The van der Waals surface area contributed by atoms with Crippen molar-refractivity contribution in [2.45, 2.75) is 26.7 Å². The van der Waals surface area contributed by atoms with Crippen LogP contribution in [0.5, 0.6) is 0 Å². The first-order chi connectivity index (χ1) is 9.33. The Morgan fingerprint density at radius 2 is 1.80 bits per heavy atom. The Kier molecular flexibility index (Phi) is 8.35. The highest BCUT2D eigenvalue weighted by Gasteiger charge is 2.20. The first-order valence-corrected chi connectivity index (χ1v) is 6.79. The van der Waals surface area contributed by atoms with Crippen molar-refractivity contribution in [3.63, 3.8) is 0 Å². The van der Waals surface area contributed by atoms with Crippen LogP contribution in [0, 0.1) is 5.92 Å². The van der Waals surface area contributed by atoms with Crippen molar-refractivity contribution in [3.8, 4) is 0 Å². The van der Waals surface area contributed by atoms with Gasteiger partial charge < -0.3 is 20.2 Å². The summed E-state index contributed by atoms with van der Waals surface area (Å²) in [5, 5.41) is 11.6. The normalized spacial score (nSPS) is 11.6. The number of amides is 3. The highest BCUT2D eigenvalue weighted by molar-refractivity contribution is 5.84. The van der Waals surface area contributed by atoms with Crippen molar-refractivity contribution in [2.75, 3.05) is 33.7 Å². The van der Waals surface area contributed by atoms with Crippen LogP contribution in [0.3, 0.4) is 0 Å². The van der Waals surface area contributed by atoms with Gasteiger partial charge in [0.2, 0.25) is 5.91 Å². The fourth-order valence-electron chi connectivity index (χ4n) is 1.62. The second-order valence-electron chi connectivity index (χ2n) is 4.81. The molecule has 0 aromatic rings. The van der Waals surface area contributed by atoms with Gasteiger partial charge in [-0.05, 0) is 13.3 Å². The molecule has 1 unspecified atom stereocenters. The smallest absolute Gasteiger partial charge is 0.317 e. The topological polar surface area (TPSA) is 90.0 Å². The van der Waals surface area contributed by atoms with Crippen LogP contribution in [-0.4, -0.2) is 66.5 Å². The SMILES string of the molecule is CCCC(CNC(=O)N(CC)CC(=O)N(C)C)C(=O)O. The van der Waals surface area contributed by atoms with Gasteiger partial charge in [0, 0.05) is 27.2 Å². The zero-order valence-corrected chi connectivity index (χ0v) is 12.7. The molecule has 0 aliphatic rings. The lowest BCUT2D eigenvalue weighted by molar-refractivity contribution is -0.141. The number of hydrogen-bond donors (Lipinski definition) is 2. The Hall–Kier alpha value is -1.79. The van der Waals surface area contributed by atoms with Gasteiger partial charge in [-0.3, -0.25) is 9.59 Å². The summed E-state index contributed by atoms with van der Waals surface area (Å²) >= 11 is 0. The molecule has 0 bridgehead atoms. The lowest BCUT2D eigenvalue weighted by Crippen LogP contribution is -2.46. The van der Waals surface area contributed by atoms with Crippen molar-refractivity contribution in [2.24, 2.45) is 5.92 Å². The van der Waals surface area contributed by atoms with E-state index < -0.39 is 17.9 Å². The molecule has 0 fully saturated rings. The lowest BCUT2D eigenvalue weighted by Gasteiger charge is -2.23. The van der Waals surface area contributed by atoms with E-state index in [0.29, 0.717) is 13.0 Å². The van der Waals surface area contributed by atoms with E-state index in [1.165, 1.54) is 9.80 Å². The molecule has 2 N–H and O–H groups in total. The van der Waals surface area contributed by atoms with E-state index in [1.54, 1.807) is 21.0 Å². The molecule has 0 aliphatic carbocycles. The number of nitrogens with zero attached hydrogens (tertiary/aromatic N) is 2. The molecule has 7 heteroatoms. The minimum Gasteiger partial charge on any atom is -0.481 e. The summed E-state index contributed by atoms with van der Waals surface area (Å²) < 4.78 is 0. The van der Waals surface area contributed by atoms with E-state index >= 15 is 0 Å². The maximum absolute atomic E-state index is 11.9. The molecule has 0 saturated carbocycles. The first kappa shape index (κ1) is 18.2. The zero-order chi connectivity index (χ0) is 15.7. The minimum atomic E-state index is -0.917. The average Bonchev–Trinajstić information content (AvgIpc) is 2.39. The summed E-state index contributed by atoms with van der Waals surface area (Å²) in [6.45, 7) is 4.11. The Labute approximate surface area is 119 Å². The first-order valence-electron chi connectivity index (χ1n) is 6.79. The molecule has 0 aromatic carbocycles. The molecule has 0 radical (unpaired) electrons. The van der Waals surface area contributed by atoms with E-state index in [-0.39, 0.29) is 19.0 Å². The predicted octanol–water partition coefficient (Wildman–Crippen LogP) is 0.607. The van der Waals surface area contributed by atoms with Crippen LogP contribution >= 0.6 is 0 Å². The summed E-state index contributed by atoms with van der Waals surface area (Å²) in [6.07, 6.45) is 1.25. The van der Waals surface area contributed by atoms with Crippen molar-refractivity contribution < 1.29 is 19.5 Å². The van der Waals surface area contributed by atoms with Crippen LogP contribution in [0.2, 0.25) is 0 Å². The molecule has 0 spiro atoms. The van der Waals surface area contributed by atoms with Gasteiger partial charge in [0.15, 0.2) is 0 Å². The zero-order valence-electron chi connectivity index (χ0n) is 12.7. The molecule has 20 heavy (non-hydrogen) atoms. The molecule has 0 aliphatic heterocycles. The third-order valence-electron chi connectivity index (χ3n) is 2.98. The number of rotatable bonds is 8. The maximum Gasteiger partial charge on any atom is 0.317 e. The van der Waals surface area contributed by atoms with Gasteiger partial charge in [0.05, 0.1) is 5.92 Å². The fraction of sp³-hybridized carbons (Fsp3) is 0.769. The van der Waals surface area contributed by atoms with Gasteiger partial charge in [0.25, 0.3) is 0 Å². The van der Waals surface area contributed by atoms with Crippen molar-refractivity contribution in [1.82, 2.24) is 15.1 Å². The number of carbonyl (C=O) groups excluding carboxylic acids is 2. The van der Waals surface area contributed by atoms with Gasteiger partial charge >= 0.3 is 12.0 Å². The molecule has 0 aromatic heterocycles. The summed E-state index contributed by atoms with van der Waals surface area (Å²) in [4.78, 5) is 37.2. The van der Waals surface area contributed by atoms with Gasteiger partial charge in [-0.15, -0.1) is 0 Å². The van der Waals surface area contributed by atoms with E-state index in [9.17, 15) is 14.4 Å². The predicted molar refractivity (Wildman–Crippen MR) is 75.4 cm³/mol. The number of carbonyl (C=O) groups is 3. The second-order valence-corrected chi connectivity index (χ2v) is 4.81. The molecule has 7 nitrogen and oxygen atoms in total. The number of carboxylic acids is 1. The maximum atomic E-state index is 11.9. The van der Waals surface area contributed by atoms with Crippen LogP contribution in [0.1, 0.15) is 26.7 Å². The van der Waals surface area contributed by atoms with Crippen molar-refractivity contribution >= 4 is 17.9 Å². The summed E-state index contributed by atoms with van der Waals surface area (Å²) in [7, 11) is 3.24. The number of carboxylic acid groups (broad SMARTS) is 1. The van der Waals surface area contributed by atoms with E-state index in [0.717, 1.165) is 6.42 Å². The number of likely N-dealkylation sites (N-methyl/N-ethyl adjacent to an activating group) is 2. The minimum absolute atomic E-state index is 0.0130. The third kappa shape index (κ3) is 6.40. The quantitative estimate of drug-likeness (QED) is 0.684. The van der Waals surface area contributed by atoms with Crippen LogP contribution in [-0.2, 0) is 9.59 Å².